The summed E-state index contributed by atoms with van der Waals surface area (Å²) >= 11 is 1.71. The lowest BCUT2D eigenvalue weighted by Crippen LogP contribution is -2.24. The van der Waals surface area contributed by atoms with Crippen molar-refractivity contribution in [3.05, 3.63) is 60.2 Å². The highest BCUT2D eigenvalue weighted by Crippen LogP contribution is 2.29. The first kappa shape index (κ1) is 16.8. The van der Waals surface area contributed by atoms with Gasteiger partial charge in [-0.05, 0) is 36.1 Å². The number of carbonyl (C=O) groups excluding carboxylic acids is 1. The van der Waals surface area contributed by atoms with E-state index in [0.717, 1.165) is 11.1 Å². The maximum absolute atomic E-state index is 12.4. The predicted molar refractivity (Wildman–Crippen MR) is 98.5 cm³/mol. The Hall–Kier alpha value is -2.67. The van der Waals surface area contributed by atoms with Gasteiger partial charge in [-0.2, -0.15) is 4.98 Å². The molecule has 4 rings (SSSR count). The fourth-order valence-corrected chi connectivity index (χ4v) is 3.47. The first-order valence-corrected chi connectivity index (χ1v) is 9.60. The van der Waals surface area contributed by atoms with Gasteiger partial charge in [0.2, 0.25) is 5.91 Å². The molecule has 6 nitrogen and oxygen atoms in total. The lowest BCUT2D eigenvalue weighted by molar-refractivity contribution is -0.128. The first-order chi connectivity index (χ1) is 12.7. The van der Waals surface area contributed by atoms with Crippen LogP contribution in [0.3, 0.4) is 0 Å². The molecule has 132 valence electrons. The van der Waals surface area contributed by atoms with Crippen molar-refractivity contribution in [3.63, 3.8) is 0 Å². The van der Waals surface area contributed by atoms with Crippen molar-refractivity contribution in [2.45, 2.75) is 23.8 Å². The van der Waals surface area contributed by atoms with Gasteiger partial charge in [-0.15, -0.1) is 11.8 Å². The van der Waals surface area contributed by atoms with Gasteiger partial charge in [-0.3, -0.25) is 9.78 Å². The van der Waals surface area contributed by atoms with E-state index in [1.807, 2.05) is 17.0 Å². The first-order valence-electron chi connectivity index (χ1n) is 8.37. The van der Waals surface area contributed by atoms with Crippen LogP contribution in [0.2, 0.25) is 0 Å². The minimum Gasteiger partial charge on any atom is -0.338 e. The fraction of sp³-hybridized carbons (Fsp3) is 0.263. The van der Waals surface area contributed by atoms with E-state index in [2.05, 4.69) is 45.6 Å². The Kier molecular flexibility index (Phi) is 4.71. The van der Waals surface area contributed by atoms with Crippen LogP contribution in [0.15, 0.2) is 58.2 Å². The molecule has 1 atom stereocenters. The quantitative estimate of drug-likeness (QED) is 0.645. The Balaban J connectivity index is 1.45. The van der Waals surface area contributed by atoms with Crippen molar-refractivity contribution in [1.82, 2.24) is 20.0 Å². The second-order valence-corrected chi connectivity index (χ2v) is 7.10. The number of aromatic nitrogens is 3. The van der Waals surface area contributed by atoms with Crippen LogP contribution in [-0.4, -0.2) is 38.7 Å². The zero-order chi connectivity index (χ0) is 17.9. The van der Waals surface area contributed by atoms with E-state index >= 15 is 0 Å². The van der Waals surface area contributed by atoms with Crippen LogP contribution in [0.4, 0.5) is 0 Å². The van der Waals surface area contributed by atoms with Gasteiger partial charge < -0.3 is 9.42 Å². The number of pyridine rings is 1. The molecule has 2 aromatic heterocycles. The van der Waals surface area contributed by atoms with Crippen molar-refractivity contribution in [3.8, 4) is 11.5 Å². The second kappa shape index (κ2) is 7.29. The normalized spacial score (nSPS) is 17.0. The Morgan fingerprint density at radius 2 is 1.96 bits per heavy atom. The summed E-state index contributed by atoms with van der Waals surface area (Å²) in [5.74, 6) is 1.14. The van der Waals surface area contributed by atoms with Gasteiger partial charge in [0.05, 0.1) is 0 Å². The number of likely N-dealkylation sites (tertiary alicyclic amines) is 1. The molecule has 0 bridgehead atoms. The largest absolute Gasteiger partial charge is 0.338 e. The Bertz CT molecular complexity index is 895. The molecule has 0 spiro atoms. The molecular formula is C19H18N4O2S. The van der Waals surface area contributed by atoms with Gasteiger partial charge in [0.1, 0.15) is 0 Å². The summed E-state index contributed by atoms with van der Waals surface area (Å²) in [6, 6.07) is 11.9. The maximum Gasteiger partial charge on any atom is 0.258 e. The molecule has 1 fully saturated rings. The number of thioether (sulfide) groups is 1. The van der Waals surface area contributed by atoms with Crippen molar-refractivity contribution in [1.29, 1.82) is 0 Å². The smallest absolute Gasteiger partial charge is 0.258 e. The van der Waals surface area contributed by atoms with Crippen LogP contribution < -0.4 is 0 Å². The fourth-order valence-electron chi connectivity index (χ4n) is 3.06. The lowest BCUT2D eigenvalue weighted by Gasteiger charge is -2.16. The molecule has 1 aliphatic rings. The third-order valence-corrected chi connectivity index (χ3v) is 5.22. The van der Waals surface area contributed by atoms with Crippen LogP contribution >= 0.6 is 11.8 Å². The van der Waals surface area contributed by atoms with E-state index < -0.39 is 0 Å². The lowest BCUT2D eigenvalue weighted by atomic mass is 10.1. The molecule has 1 aliphatic heterocycles. The minimum atomic E-state index is -0.0349. The molecule has 7 heteroatoms. The van der Waals surface area contributed by atoms with Gasteiger partial charge in [-0.25, -0.2) is 0 Å². The van der Waals surface area contributed by atoms with E-state index in [0.29, 0.717) is 31.2 Å². The summed E-state index contributed by atoms with van der Waals surface area (Å²) < 4.78 is 5.36. The van der Waals surface area contributed by atoms with Gasteiger partial charge >= 0.3 is 0 Å². The summed E-state index contributed by atoms with van der Waals surface area (Å²) in [6.07, 6.45) is 5.83. The average molecular weight is 366 g/mol. The highest BCUT2D eigenvalue weighted by Gasteiger charge is 2.33. The third kappa shape index (κ3) is 3.48. The molecule has 1 unspecified atom stereocenters. The molecular weight excluding hydrogens is 348 g/mol. The van der Waals surface area contributed by atoms with Crippen LogP contribution in [0, 0.1) is 0 Å². The molecule has 0 saturated carbocycles. The number of hydrogen-bond donors (Lipinski definition) is 0. The Morgan fingerprint density at radius 3 is 2.69 bits per heavy atom. The molecule has 3 heterocycles. The predicted octanol–water partition coefficient (Wildman–Crippen LogP) is 3.37. The molecule has 0 aliphatic carbocycles. The number of hydrogen-bond acceptors (Lipinski definition) is 6. The summed E-state index contributed by atoms with van der Waals surface area (Å²) in [6.45, 7) is 1.22. The molecule has 26 heavy (non-hydrogen) atoms. The topological polar surface area (TPSA) is 72.1 Å². The molecule has 1 saturated heterocycles. The highest BCUT2D eigenvalue weighted by atomic mass is 32.2. The standard InChI is InChI=1S/C19H18N4O2S/c1-26-16-4-2-13(3-5-16)11-23-12-15(10-17(23)24)18-21-19(25-22-18)14-6-8-20-9-7-14/h2-9,15H,10-12H2,1H3. The van der Waals surface area contributed by atoms with Crippen LogP contribution in [-0.2, 0) is 11.3 Å². The molecule has 0 radical (unpaired) electrons. The number of rotatable bonds is 5. The molecule has 1 aromatic carbocycles. The van der Waals surface area contributed by atoms with E-state index in [1.165, 1.54) is 4.90 Å². The SMILES string of the molecule is CSc1ccc(CN2CC(c3noc(-c4ccncc4)n3)CC2=O)cc1. The molecule has 1 amide bonds. The number of nitrogens with zero attached hydrogens (tertiary/aromatic N) is 4. The zero-order valence-electron chi connectivity index (χ0n) is 14.3. The average Bonchev–Trinajstić information content (AvgIpc) is 3.31. The highest BCUT2D eigenvalue weighted by molar-refractivity contribution is 7.98. The van der Waals surface area contributed by atoms with Gasteiger partial charge in [-0.1, -0.05) is 17.3 Å². The van der Waals surface area contributed by atoms with Crippen LogP contribution in [0.5, 0.6) is 0 Å². The van der Waals surface area contributed by atoms with Gasteiger partial charge in [0.15, 0.2) is 5.82 Å². The molecule has 3 aromatic rings. The third-order valence-electron chi connectivity index (χ3n) is 4.48. The van der Waals surface area contributed by atoms with Crippen LogP contribution in [0.25, 0.3) is 11.5 Å². The van der Waals surface area contributed by atoms with E-state index in [4.69, 9.17) is 4.52 Å². The zero-order valence-corrected chi connectivity index (χ0v) is 15.1. The minimum absolute atomic E-state index is 0.0349. The van der Waals surface area contributed by atoms with Crippen molar-refractivity contribution >= 4 is 17.7 Å². The Morgan fingerprint density at radius 1 is 1.19 bits per heavy atom. The molecule has 0 N–H and O–H groups in total. The summed E-state index contributed by atoms with van der Waals surface area (Å²) in [5, 5.41) is 4.09. The van der Waals surface area contributed by atoms with E-state index in [-0.39, 0.29) is 11.8 Å². The van der Waals surface area contributed by atoms with E-state index in [9.17, 15) is 4.79 Å². The van der Waals surface area contributed by atoms with Gasteiger partial charge in [0, 0.05) is 48.3 Å². The monoisotopic (exact) mass is 366 g/mol. The van der Waals surface area contributed by atoms with Crippen LogP contribution in [0.1, 0.15) is 23.7 Å². The number of benzene rings is 1. The van der Waals surface area contributed by atoms with E-state index in [1.54, 1.807) is 24.2 Å². The summed E-state index contributed by atoms with van der Waals surface area (Å²) in [5.41, 5.74) is 1.95. The van der Waals surface area contributed by atoms with Crippen molar-refractivity contribution in [2.75, 3.05) is 12.8 Å². The number of carbonyl (C=O) groups is 1. The van der Waals surface area contributed by atoms with Crippen molar-refractivity contribution < 1.29 is 9.32 Å². The summed E-state index contributed by atoms with van der Waals surface area (Å²) in [7, 11) is 0. The van der Waals surface area contributed by atoms with Gasteiger partial charge in [0.25, 0.3) is 5.89 Å². The maximum atomic E-state index is 12.4. The number of amides is 1. The Labute approximate surface area is 155 Å². The second-order valence-electron chi connectivity index (χ2n) is 6.22. The summed E-state index contributed by atoms with van der Waals surface area (Å²) in [4.78, 5) is 23.9. The van der Waals surface area contributed by atoms with Crippen molar-refractivity contribution in [2.24, 2.45) is 0 Å².